The van der Waals surface area contributed by atoms with Crippen LogP contribution in [0.2, 0.25) is 0 Å². The molecule has 0 fully saturated rings. The van der Waals surface area contributed by atoms with Gasteiger partial charge in [-0.1, -0.05) is 11.8 Å². The van der Waals surface area contributed by atoms with Crippen LogP contribution in [0.15, 0.2) is 17.6 Å². The fourth-order valence-electron chi connectivity index (χ4n) is 0.666. The van der Waals surface area contributed by atoms with Crippen molar-refractivity contribution >= 4 is 23.3 Å². The van der Waals surface area contributed by atoms with Gasteiger partial charge in [-0.2, -0.15) is 5.26 Å². The highest BCUT2D eigenvalue weighted by molar-refractivity contribution is 7.98. The van der Waals surface area contributed by atoms with Crippen LogP contribution < -0.4 is 4.68 Å². The van der Waals surface area contributed by atoms with Gasteiger partial charge in [-0.3, -0.25) is 5.41 Å². The van der Waals surface area contributed by atoms with Crippen LogP contribution in [0, 0.1) is 16.7 Å². The summed E-state index contributed by atoms with van der Waals surface area (Å²) in [7, 11) is 0. The zero-order chi connectivity index (χ0) is 9.68. The molecule has 0 aliphatic heterocycles. The number of aromatic nitrogens is 3. The molecule has 0 radical (unpaired) electrons. The summed E-state index contributed by atoms with van der Waals surface area (Å²) in [5.41, 5.74) is 0.0395. The second kappa shape index (κ2) is 4.36. The van der Waals surface area contributed by atoms with E-state index in [9.17, 15) is 0 Å². The second-order valence-corrected chi connectivity index (χ2v) is 2.72. The molecule has 6 heteroatoms. The maximum absolute atomic E-state index is 8.59. The zero-order valence-corrected chi connectivity index (χ0v) is 7.67. The predicted octanol–water partition coefficient (Wildman–Crippen LogP) is 0.0989. The second-order valence-electron chi connectivity index (χ2n) is 1.94. The number of nitriles is 1. The summed E-state index contributed by atoms with van der Waals surface area (Å²) in [6.45, 7) is 0. The molecule has 0 aromatic carbocycles. The SMILES string of the molecule is CSc1ncc[n+](C(=C=N)C#N)n1. The van der Waals surface area contributed by atoms with E-state index >= 15 is 0 Å². The predicted molar refractivity (Wildman–Crippen MR) is 47.1 cm³/mol. The van der Waals surface area contributed by atoms with Gasteiger partial charge in [0, 0.05) is 5.10 Å². The Morgan fingerprint density at radius 2 is 2.54 bits per heavy atom. The highest BCUT2D eigenvalue weighted by atomic mass is 32.2. The van der Waals surface area contributed by atoms with Gasteiger partial charge in [0.25, 0.3) is 5.16 Å². The van der Waals surface area contributed by atoms with Crippen LogP contribution in [-0.2, 0) is 0 Å². The molecule has 64 valence electrons. The molecule has 13 heavy (non-hydrogen) atoms. The molecule has 1 rings (SSSR count). The standard InChI is InChI=1S/C7H6N5S/c1-13-7-10-2-3-12(11-7)6(4-8)5-9/h2-3,8H,1H3/q+1. The quantitative estimate of drug-likeness (QED) is 0.312. The Hall–Kier alpha value is -1.70. The first-order valence-corrected chi connectivity index (χ1v) is 4.53. The van der Waals surface area contributed by atoms with Gasteiger partial charge in [0.05, 0.1) is 12.1 Å². The summed E-state index contributed by atoms with van der Waals surface area (Å²) >= 11 is 1.37. The maximum Gasteiger partial charge on any atom is 0.376 e. The third-order valence-corrected chi connectivity index (χ3v) is 1.77. The molecule has 0 unspecified atom stereocenters. The van der Waals surface area contributed by atoms with Crippen molar-refractivity contribution in [3.8, 4) is 6.07 Å². The first-order chi connectivity index (χ1) is 6.31. The summed E-state index contributed by atoms with van der Waals surface area (Å²) in [6.07, 6.45) is 4.85. The number of hydrogen-bond donors (Lipinski definition) is 1. The summed E-state index contributed by atoms with van der Waals surface area (Å²) in [5.74, 6) is 1.99. The molecule has 0 atom stereocenters. The van der Waals surface area contributed by atoms with Crippen molar-refractivity contribution in [2.45, 2.75) is 5.16 Å². The molecule has 1 aromatic rings. The topological polar surface area (TPSA) is 77.3 Å². The van der Waals surface area contributed by atoms with Crippen LogP contribution in [0.25, 0.3) is 5.70 Å². The van der Waals surface area contributed by atoms with Crippen molar-refractivity contribution in [3.63, 3.8) is 0 Å². The molecule has 0 spiro atoms. The van der Waals surface area contributed by atoms with E-state index in [0.29, 0.717) is 5.16 Å². The molecule has 1 N–H and O–H groups in total. The van der Waals surface area contributed by atoms with E-state index < -0.39 is 0 Å². The van der Waals surface area contributed by atoms with Crippen LogP contribution in [0.4, 0.5) is 0 Å². The van der Waals surface area contributed by atoms with Gasteiger partial charge in [-0.15, -0.1) is 0 Å². The number of allylic oxidation sites excluding steroid dienone is 1. The van der Waals surface area contributed by atoms with Crippen LogP contribution in [0.1, 0.15) is 0 Å². The summed E-state index contributed by atoms with van der Waals surface area (Å²) in [6, 6.07) is 1.80. The smallest absolute Gasteiger partial charge is 0.252 e. The van der Waals surface area contributed by atoms with Crippen molar-refractivity contribution in [2.24, 2.45) is 0 Å². The van der Waals surface area contributed by atoms with Gasteiger partial charge in [0.15, 0.2) is 6.07 Å². The molecule has 0 saturated carbocycles. The summed E-state index contributed by atoms with van der Waals surface area (Å²) in [5, 5.41) is 19.9. The van der Waals surface area contributed by atoms with Crippen molar-refractivity contribution in [3.05, 3.63) is 12.4 Å². The van der Waals surface area contributed by atoms with Crippen molar-refractivity contribution in [2.75, 3.05) is 6.26 Å². The number of nitrogens with zero attached hydrogens (tertiary/aromatic N) is 4. The van der Waals surface area contributed by atoms with Gasteiger partial charge in [-0.25, -0.2) is 4.98 Å². The van der Waals surface area contributed by atoms with Crippen molar-refractivity contribution in [1.29, 1.82) is 10.7 Å². The van der Waals surface area contributed by atoms with Gasteiger partial charge < -0.3 is 0 Å². The highest BCUT2D eigenvalue weighted by Gasteiger charge is 2.12. The van der Waals surface area contributed by atoms with E-state index in [2.05, 4.69) is 10.1 Å². The Bertz CT molecular complexity index is 402. The Balaban J connectivity index is 3.17. The monoisotopic (exact) mass is 192 g/mol. The van der Waals surface area contributed by atoms with E-state index in [1.807, 2.05) is 12.1 Å². The Kier molecular flexibility index (Phi) is 3.15. The lowest BCUT2D eigenvalue weighted by atomic mass is 10.5. The number of nitrogens with one attached hydrogen (secondary N) is 1. The maximum atomic E-state index is 8.59. The first-order valence-electron chi connectivity index (χ1n) is 3.31. The van der Waals surface area contributed by atoms with Crippen LogP contribution >= 0.6 is 11.8 Å². The minimum Gasteiger partial charge on any atom is -0.252 e. The normalized spacial score (nSPS) is 8.62. The van der Waals surface area contributed by atoms with Crippen LogP contribution in [0.3, 0.4) is 0 Å². The fraction of sp³-hybridized carbons (Fsp3) is 0.143. The van der Waals surface area contributed by atoms with Gasteiger partial charge in [-0.05, 0) is 10.9 Å². The molecule has 1 heterocycles. The molecular formula is C7H6N5S+. The molecule has 5 nitrogen and oxygen atoms in total. The largest absolute Gasteiger partial charge is 0.376 e. The zero-order valence-electron chi connectivity index (χ0n) is 6.85. The molecule has 1 aromatic heterocycles. The molecular weight excluding hydrogens is 186 g/mol. The average molecular weight is 192 g/mol. The van der Waals surface area contributed by atoms with Crippen molar-refractivity contribution in [1.82, 2.24) is 10.1 Å². The Labute approximate surface area is 79.2 Å². The molecule has 0 aliphatic carbocycles. The third kappa shape index (κ3) is 2.12. The number of rotatable bonds is 2. The minimum absolute atomic E-state index is 0.0395. The Morgan fingerprint density at radius 1 is 1.77 bits per heavy atom. The van der Waals surface area contributed by atoms with E-state index in [1.165, 1.54) is 28.8 Å². The van der Waals surface area contributed by atoms with E-state index in [0.717, 1.165) is 0 Å². The van der Waals surface area contributed by atoms with E-state index in [1.54, 1.807) is 6.07 Å². The fourth-order valence-corrected chi connectivity index (χ4v) is 1.00. The van der Waals surface area contributed by atoms with Gasteiger partial charge in [0.2, 0.25) is 6.20 Å². The lowest BCUT2D eigenvalue weighted by molar-refractivity contribution is -0.646. The molecule has 0 bridgehead atoms. The van der Waals surface area contributed by atoms with Crippen molar-refractivity contribution < 1.29 is 4.68 Å². The van der Waals surface area contributed by atoms with E-state index in [-0.39, 0.29) is 5.70 Å². The van der Waals surface area contributed by atoms with E-state index in [4.69, 9.17) is 10.7 Å². The van der Waals surface area contributed by atoms with Crippen LogP contribution in [-0.4, -0.2) is 22.2 Å². The molecule has 0 saturated heterocycles. The highest BCUT2D eigenvalue weighted by Crippen LogP contribution is 2.02. The lowest BCUT2D eigenvalue weighted by Gasteiger charge is -1.89. The Morgan fingerprint density at radius 3 is 3.08 bits per heavy atom. The molecule has 0 amide bonds. The molecule has 0 aliphatic rings. The lowest BCUT2D eigenvalue weighted by Crippen LogP contribution is -2.36. The number of hydrogen-bond acceptors (Lipinski definition) is 5. The van der Waals surface area contributed by atoms with Crippen LogP contribution in [0.5, 0.6) is 0 Å². The summed E-state index contributed by atoms with van der Waals surface area (Å²) in [4.78, 5) is 3.93. The minimum atomic E-state index is 0.0395. The first kappa shape index (κ1) is 9.39. The van der Waals surface area contributed by atoms with Gasteiger partial charge >= 0.3 is 5.70 Å². The number of thioether (sulfide) groups is 1. The third-order valence-electron chi connectivity index (χ3n) is 1.22. The van der Waals surface area contributed by atoms with Gasteiger partial charge in [0.1, 0.15) is 0 Å². The average Bonchev–Trinajstić information content (AvgIpc) is 2.20. The summed E-state index contributed by atoms with van der Waals surface area (Å²) < 4.78 is 1.27.